The molecule has 0 amide bonds. The van der Waals surface area contributed by atoms with Crippen LogP contribution in [-0.2, 0) is 6.42 Å². The molecule has 0 aliphatic heterocycles. The van der Waals surface area contributed by atoms with E-state index in [0.717, 1.165) is 17.1 Å². The minimum Gasteiger partial charge on any atom is -0.496 e. The van der Waals surface area contributed by atoms with Crippen molar-refractivity contribution in [2.45, 2.75) is 6.42 Å². The molecule has 2 N–H and O–H groups in total. The van der Waals surface area contributed by atoms with E-state index >= 15 is 0 Å². The Labute approximate surface area is 103 Å². The Morgan fingerprint density at radius 1 is 1.47 bits per heavy atom. The Hall–Kier alpha value is -1.46. The predicted octanol–water partition coefficient (Wildman–Crippen LogP) is 2.46. The van der Waals surface area contributed by atoms with Crippen LogP contribution in [0.4, 0.5) is 4.39 Å². The number of nitrogens with zero attached hydrogens (tertiary/aromatic N) is 1. The van der Waals surface area contributed by atoms with Gasteiger partial charge in [0, 0.05) is 17.4 Å². The van der Waals surface area contributed by atoms with Crippen molar-refractivity contribution in [3.05, 3.63) is 34.4 Å². The normalized spacial score (nSPS) is 10.5. The Morgan fingerprint density at radius 2 is 2.29 bits per heavy atom. The molecule has 0 fully saturated rings. The number of hydrogen-bond acceptors (Lipinski definition) is 4. The minimum atomic E-state index is -0.297. The number of halogens is 1. The Kier molecular flexibility index (Phi) is 3.71. The van der Waals surface area contributed by atoms with Crippen LogP contribution in [0.15, 0.2) is 23.6 Å². The van der Waals surface area contributed by atoms with Crippen molar-refractivity contribution < 1.29 is 9.13 Å². The van der Waals surface area contributed by atoms with Crippen LogP contribution in [0.25, 0.3) is 11.3 Å². The molecule has 0 unspecified atom stereocenters. The zero-order valence-corrected chi connectivity index (χ0v) is 10.3. The maximum Gasteiger partial charge on any atom is 0.128 e. The van der Waals surface area contributed by atoms with Crippen LogP contribution in [0, 0.1) is 5.82 Å². The third-order valence-corrected chi connectivity index (χ3v) is 3.26. The molecule has 5 heteroatoms. The molecule has 1 aromatic carbocycles. The summed E-state index contributed by atoms with van der Waals surface area (Å²) in [5, 5.41) is 2.84. The molecule has 0 saturated carbocycles. The molecule has 0 aliphatic rings. The van der Waals surface area contributed by atoms with Gasteiger partial charge in [0.25, 0.3) is 0 Å². The average molecular weight is 252 g/mol. The van der Waals surface area contributed by atoms with Crippen molar-refractivity contribution in [3.8, 4) is 17.0 Å². The molecule has 1 heterocycles. The van der Waals surface area contributed by atoms with Crippen LogP contribution in [-0.4, -0.2) is 18.6 Å². The lowest BCUT2D eigenvalue weighted by Gasteiger charge is -2.05. The Morgan fingerprint density at radius 3 is 3.00 bits per heavy atom. The molecule has 0 bridgehead atoms. The van der Waals surface area contributed by atoms with E-state index in [1.54, 1.807) is 13.2 Å². The van der Waals surface area contributed by atoms with E-state index in [1.807, 2.05) is 5.38 Å². The van der Waals surface area contributed by atoms with Crippen LogP contribution < -0.4 is 10.5 Å². The number of thiazole rings is 1. The summed E-state index contributed by atoms with van der Waals surface area (Å²) < 4.78 is 18.4. The first-order valence-electron chi connectivity index (χ1n) is 5.23. The maximum atomic E-state index is 13.2. The number of rotatable bonds is 4. The maximum absolute atomic E-state index is 13.2. The zero-order valence-electron chi connectivity index (χ0n) is 9.44. The summed E-state index contributed by atoms with van der Waals surface area (Å²) >= 11 is 1.52. The van der Waals surface area contributed by atoms with E-state index in [1.165, 1.54) is 23.5 Å². The van der Waals surface area contributed by atoms with Gasteiger partial charge in [0.05, 0.1) is 17.8 Å². The molecule has 90 valence electrons. The highest BCUT2D eigenvalue weighted by Crippen LogP contribution is 2.31. The standard InChI is InChI=1S/C12H13FN2OS/c1-16-11-3-2-8(13)6-9(11)10-7-17-12(15-10)4-5-14/h2-3,6-7H,4-5,14H2,1H3. The van der Waals surface area contributed by atoms with Gasteiger partial charge in [0.2, 0.25) is 0 Å². The number of aromatic nitrogens is 1. The molecular formula is C12H13FN2OS. The van der Waals surface area contributed by atoms with Gasteiger partial charge in [-0.1, -0.05) is 0 Å². The summed E-state index contributed by atoms with van der Waals surface area (Å²) in [5.74, 6) is 0.324. The first kappa shape index (κ1) is 12.0. The summed E-state index contributed by atoms with van der Waals surface area (Å²) in [6.45, 7) is 0.563. The molecule has 1 aromatic heterocycles. The molecule has 0 atom stereocenters. The lowest BCUT2D eigenvalue weighted by atomic mass is 10.1. The van der Waals surface area contributed by atoms with E-state index < -0.39 is 0 Å². The number of hydrogen-bond donors (Lipinski definition) is 1. The second-order valence-electron chi connectivity index (χ2n) is 3.51. The van der Waals surface area contributed by atoms with Crippen molar-refractivity contribution in [1.29, 1.82) is 0 Å². The summed E-state index contributed by atoms with van der Waals surface area (Å²) in [6.07, 6.45) is 0.738. The quantitative estimate of drug-likeness (QED) is 0.909. The predicted molar refractivity (Wildman–Crippen MR) is 66.8 cm³/mol. The molecular weight excluding hydrogens is 239 g/mol. The molecule has 2 aromatic rings. The summed E-state index contributed by atoms with van der Waals surface area (Å²) in [4.78, 5) is 4.41. The third-order valence-electron chi connectivity index (χ3n) is 2.35. The first-order valence-corrected chi connectivity index (χ1v) is 6.11. The van der Waals surface area contributed by atoms with Crippen LogP contribution in [0.5, 0.6) is 5.75 Å². The monoisotopic (exact) mass is 252 g/mol. The van der Waals surface area contributed by atoms with Gasteiger partial charge in [-0.15, -0.1) is 11.3 Å². The molecule has 17 heavy (non-hydrogen) atoms. The minimum absolute atomic E-state index is 0.297. The smallest absolute Gasteiger partial charge is 0.128 e. The highest BCUT2D eigenvalue weighted by atomic mass is 32.1. The van der Waals surface area contributed by atoms with Gasteiger partial charge in [-0.3, -0.25) is 0 Å². The number of ether oxygens (including phenoxy) is 1. The lowest BCUT2D eigenvalue weighted by Crippen LogP contribution is -2.02. The molecule has 0 spiro atoms. The summed E-state index contributed by atoms with van der Waals surface area (Å²) in [6, 6.07) is 4.40. The van der Waals surface area contributed by atoms with Gasteiger partial charge in [-0.2, -0.15) is 0 Å². The van der Waals surface area contributed by atoms with E-state index in [4.69, 9.17) is 10.5 Å². The van der Waals surface area contributed by atoms with Crippen LogP contribution in [0.3, 0.4) is 0 Å². The molecule has 0 aliphatic carbocycles. The van der Waals surface area contributed by atoms with Crippen molar-refractivity contribution in [2.75, 3.05) is 13.7 Å². The van der Waals surface area contributed by atoms with Crippen LogP contribution >= 0.6 is 11.3 Å². The van der Waals surface area contributed by atoms with E-state index in [0.29, 0.717) is 17.9 Å². The fourth-order valence-electron chi connectivity index (χ4n) is 1.55. The van der Waals surface area contributed by atoms with Crippen molar-refractivity contribution in [3.63, 3.8) is 0 Å². The zero-order chi connectivity index (χ0) is 12.3. The Balaban J connectivity index is 2.40. The van der Waals surface area contributed by atoms with Gasteiger partial charge < -0.3 is 10.5 Å². The first-order chi connectivity index (χ1) is 8.24. The van der Waals surface area contributed by atoms with Gasteiger partial charge in [-0.05, 0) is 24.7 Å². The molecule has 3 nitrogen and oxygen atoms in total. The van der Waals surface area contributed by atoms with Gasteiger partial charge in [0.15, 0.2) is 0 Å². The van der Waals surface area contributed by atoms with E-state index in [-0.39, 0.29) is 5.82 Å². The van der Waals surface area contributed by atoms with Crippen LogP contribution in [0.1, 0.15) is 5.01 Å². The van der Waals surface area contributed by atoms with Crippen molar-refractivity contribution >= 4 is 11.3 Å². The fourth-order valence-corrected chi connectivity index (χ4v) is 2.37. The van der Waals surface area contributed by atoms with Crippen LogP contribution in [0.2, 0.25) is 0 Å². The highest BCUT2D eigenvalue weighted by molar-refractivity contribution is 7.09. The van der Waals surface area contributed by atoms with Crippen molar-refractivity contribution in [1.82, 2.24) is 4.98 Å². The molecule has 0 radical (unpaired) electrons. The topological polar surface area (TPSA) is 48.1 Å². The molecule has 2 rings (SSSR count). The lowest BCUT2D eigenvalue weighted by molar-refractivity contribution is 0.415. The SMILES string of the molecule is COc1ccc(F)cc1-c1csc(CCN)n1. The Bertz CT molecular complexity index is 513. The number of methoxy groups -OCH3 is 1. The average Bonchev–Trinajstić information content (AvgIpc) is 2.78. The van der Waals surface area contributed by atoms with Crippen molar-refractivity contribution in [2.24, 2.45) is 5.73 Å². The van der Waals surface area contributed by atoms with Gasteiger partial charge in [0.1, 0.15) is 11.6 Å². The fraction of sp³-hybridized carbons (Fsp3) is 0.250. The third kappa shape index (κ3) is 2.62. The number of benzene rings is 1. The summed E-state index contributed by atoms with van der Waals surface area (Å²) in [5.41, 5.74) is 6.88. The second kappa shape index (κ2) is 5.25. The van der Waals surface area contributed by atoms with E-state index in [9.17, 15) is 4.39 Å². The number of nitrogens with two attached hydrogens (primary N) is 1. The second-order valence-corrected chi connectivity index (χ2v) is 4.45. The highest BCUT2D eigenvalue weighted by Gasteiger charge is 2.10. The largest absolute Gasteiger partial charge is 0.496 e. The summed E-state index contributed by atoms with van der Waals surface area (Å²) in [7, 11) is 1.56. The van der Waals surface area contributed by atoms with Gasteiger partial charge in [-0.25, -0.2) is 9.37 Å². The molecule has 0 saturated heterocycles. The van der Waals surface area contributed by atoms with Gasteiger partial charge >= 0.3 is 0 Å². The van der Waals surface area contributed by atoms with E-state index in [2.05, 4.69) is 4.98 Å².